The van der Waals surface area contributed by atoms with Gasteiger partial charge in [-0.1, -0.05) is 34.1 Å². The molecule has 1 aromatic rings. The van der Waals surface area contributed by atoms with Crippen LogP contribution in [0.2, 0.25) is 0 Å². The lowest BCUT2D eigenvalue weighted by molar-refractivity contribution is -0.119. The predicted octanol–water partition coefficient (Wildman–Crippen LogP) is 1.51. The fraction of sp³-hybridized carbons (Fsp3) is 0.364. The highest BCUT2D eigenvalue weighted by molar-refractivity contribution is 9.10. The number of amides is 1. The number of rotatable bonds is 2. The number of benzene rings is 1. The third kappa shape index (κ3) is 2.43. The van der Waals surface area contributed by atoms with Gasteiger partial charge in [0, 0.05) is 12.2 Å². The molecule has 1 aliphatic rings. The molecule has 0 saturated carbocycles. The molecule has 0 aromatic heterocycles. The van der Waals surface area contributed by atoms with Gasteiger partial charge in [-0.05, 0) is 18.6 Å². The van der Waals surface area contributed by atoms with E-state index in [0.29, 0.717) is 5.69 Å². The molecular formula is C11H13BrN2O3S. The topological polar surface area (TPSA) is 66.5 Å². The van der Waals surface area contributed by atoms with Gasteiger partial charge in [0.2, 0.25) is 15.9 Å². The van der Waals surface area contributed by atoms with Crippen molar-refractivity contribution in [3.05, 3.63) is 29.8 Å². The van der Waals surface area contributed by atoms with Gasteiger partial charge in [0.05, 0.1) is 0 Å². The summed E-state index contributed by atoms with van der Waals surface area (Å²) in [4.78, 5) is 11.9. The Hall–Kier alpha value is -0.920. The highest BCUT2D eigenvalue weighted by Gasteiger charge is 2.34. The van der Waals surface area contributed by atoms with Crippen LogP contribution in [0.1, 0.15) is 12.5 Å². The van der Waals surface area contributed by atoms with Gasteiger partial charge in [-0.3, -0.25) is 4.79 Å². The Labute approximate surface area is 114 Å². The van der Waals surface area contributed by atoms with Crippen molar-refractivity contribution in [2.24, 2.45) is 0 Å². The van der Waals surface area contributed by atoms with Crippen LogP contribution in [0, 0.1) is 0 Å². The number of alkyl halides is 1. The summed E-state index contributed by atoms with van der Waals surface area (Å²) in [6.07, 6.45) is 0. The van der Waals surface area contributed by atoms with Crippen LogP contribution >= 0.6 is 15.9 Å². The Morgan fingerprint density at radius 1 is 1.44 bits per heavy atom. The van der Waals surface area contributed by atoms with E-state index in [9.17, 15) is 13.2 Å². The lowest BCUT2D eigenvalue weighted by atomic mass is 10.2. The van der Waals surface area contributed by atoms with E-state index in [1.165, 1.54) is 4.31 Å². The lowest BCUT2D eigenvalue weighted by Gasteiger charge is -2.23. The summed E-state index contributed by atoms with van der Waals surface area (Å²) >= 11 is 2.96. The van der Waals surface area contributed by atoms with Gasteiger partial charge in [0.25, 0.3) is 0 Å². The molecule has 0 radical (unpaired) electrons. The zero-order chi connectivity index (χ0) is 13.3. The van der Waals surface area contributed by atoms with Crippen molar-refractivity contribution >= 4 is 37.5 Å². The summed E-state index contributed by atoms with van der Waals surface area (Å²) < 4.78 is 25.0. The molecule has 1 heterocycles. The third-order valence-electron chi connectivity index (χ3n) is 2.91. The van der Waals surface area contributed by atoms with E-state index < -0.39 is 16.1 Å². The van der Waals surface area contributed by atoms with Crippen molar-refractivity contribution in [1.82, 2.24) is 4.31 Å². The fourth-order valence-electron chi connectivity index (χ4n) is 1.85. The maximum absolute atomic E-state index is 12.0. The number of halogens is 1. The molecule has 7 heteroatoms. The molecule has 1 unspecified atom stereocenters. The molecule has 0 spiro atoms. The van der Waals surface area contributed by atoms with Crippen molar-refractivity contribution in [3.8, 4) is 0 Å². The minimum Gasteiger partial charge on any atom is -0.324 e. The summed E-state index contributed by atoms with van der Waals surface area (Å²) in [5.74, 6) is -0.315. The first-order chi connectivity index (χ1) is 8.45. The first-order valence-electron chi connectivity index (χ1n) is 5.40. The number of carbonyl (C=O) groups excluding carboxylic acids is 1. The van der Waals surface area contributed by atoms with Crippen LogP contribution in [0.5, 0.6) is 0 Å². The second kappa shape index (κ2) is 4.99. The van der Waals surface area contributed by atoms with E-state index in [0.717, 1.165) is 5.56 Å². The smallest absolute Gasteiger partial charge is 0.242 e. The number of sulfonamides is 1. The summed E-state index contributed by atoms with van der Waals surface area (Å²) in [7, 11) is -3.48. The van der Waals surface area contributed by atoms with Gasteiger partial charge in [0.1, 0.15) is 10.7 Å². The minimum absolute atomic E-state index is 0.195. The standard InChI is InChI=1S/C11H13BrN2O3S/c1-8-11(15)13-10-5-3-2-4-9(10)6-14(8)18(16,17)7-12/h2-5,8H,6-7H2,1H3,(H,13,15). The molecule has 0 aliphatic carbocycles. The highest BCUT2D eigenvalue weighted by Crippen LogP contribution is 2.25. The van der Waals surface area contributed by atoms with Gasteiger partial charge >= 0.3 is 0 Å². The lowest BCUT2D eigenvalue weighted by Crippen LogP contribution is -2.43. The van der Waals surface area contributed by atoms with Gasteiger partial charge in [0.15, 0.2) is 0 Å². The van der Waals surface area contributed by atoms with E-state index in [-0.39, 0.29) is 17.1 Å². The number of carbonyl (C=O) groups is 1. The number of hydrogen-bond donors (Lipinski definition) is 1. The molecule has 0 fully saturated rings. The van der Waals surface area contributed by atoms with Crippen LogP contribution in [0.15, 0.2) is 24.3 Å². The zero-order valence-electron chi connectivity index (χ0n) is 9.76. The molecule has 18 heavy (non-hydrogen) atoms. The number of hydrogen-bond acceptors (Lipinski definition) is 3. The van der Waals surface area contributed by atoms with E-state index in [2.05, 4.69) is 21.2 Å². The maximum Gasteiger partial charge on any atom is 0.242 e. The van der Waals surface area contributed by atoms with Crippen LogP contribution in [0.3, 0.4) is 0 Å². The van der Waals surface area contributed by atoms with Crippen molar-refractivity contribution < 1.29 is 13.2 Å². The molecule has 2 rings (SSSR count). The molecule has 1 aliphatic heterocycles. The molecule has 1 aromatic carbocycles. The van der Waals surface area contributed by atoms with Gasteiger partial charge in [-0.15, -0.1) is 0 Å². The summed E-state index contributed by atoms with van der Waals surface area (Å²) in [5.41, 5.74) is 1.46. The largest absolute Gasteiger partial charge is 0.324 e. The van der Waals surface area contributed by atoms with Gasteiger partial charge < -0.3 is 5.32 Å². The van der Waals surface area contributed by atoms with Crippen molar-refractivity contribution in [2.45, 2.75) is 19.5 Å². The summed E-state index contributed by atoms with van der Waals surface area (Å²) in [5, 5.41) is 2.74. The Morgan fingerprint density at radius 2 is 2.11 bits per heavy atom. The second-order valence-corrected chi connectivity index (χ2v) is 7.31. The molecule has 1 atom stereocenters. The van der Waals surface area contributed by atoms with Crippen LogP contribution < -0.4 is 5.32 Å². The average molecular weight is 333 g/mol. The highest BCUT2D eigenvalue weighted by atomic mass is 79.9. The van der Waals surface area contributed by atoms with Gasteiger partial charge in [-0.2, -0.15) is 4.31 Å². The molecule has 5 nitrogen and oxygen atoms in total. The zero-order valence-corrected chi connectivity index (χ0v) is 12.2. The first kappa shape index (κ1) is 13.5. The summed E-state index contributed by atoms with van der Waals surface area (Å²) in [6.45, 7) is 1.78. The average Bonchev–Trinajstić information content (AvgIpc) is 2.48. The molecule has 0 saturated heterocycles. The van der Waals surface area contributed by atoms with Crippen LogP contribution in [-0.2, 0) is 21.4 Å². The molecule has 1 amide bonds. The molecule has 1 N–H and O–H groups in total. The normalized spacial score (nSPS) is 21.0. The van der Waals surface area contributed by atoms with E-state index in [1.54, 1.807) is 19.1 Å². The SMILES string of the molecule is CC1C(=O)Nc2ccccc2CN1S(=O)(=O)CBr. The van der Waals surface area contributed by atoms with Crippen LogP contribution in [-0.4, -0.2) is 29.3 Å². The van der Waals surface area contributed by atoms with Crippen molar-refractivity contribution in [1.29, 1.82) is 0 Å². The quantitative estimate of drug-likeness (QED) is 0.835. The molecular weight excluding hydrogens is 320 g/mol. The fourth-order valence-corrected chi connectivity index (χ4v) is 3.68. The monoisotopic (exact) mass is 332 g/mol. The predicted molar refractivity (Wildman–Crippen MR) is 72.8 cm³/mol. The Morgan fingerprint density at radius 3 is 2.78 bits per heavy atom. The van der Waals surface area contributed by atoms with Crippen molar-refractivity contribution in [2.75, 3.05) is 9.98 Å². The second-order valence-electron chi connectivity index (χ2n) is 4.09. The number of nitrogens with one attached hydrogen (secondary N) is 1. The van der Waals surface area contributed by atoms with Crippen LogP contribution in [0.25, 0.3) is 0 Å². The van der Waals surface area contributed by atoms with Crippen molar-refractivity contribution in [3.63, 3.8) is 0 Å². The number of fused-ring (bicyclic) bond motifs is 1. The van der Waals surface area contributed by atoms with E-state index in [4.69, 9.17) is 0 Å². The Bertz CT molecular complexity index is 573. The van der Waals surface area contributed by atoms with Crippen LogP contribution in [0.4, 0.5) is 5.69 Å². The Kier molecular flexibility index (Phi) is 3.74. The minimum atomic E-state index is -3.48. The number of anilines is 1. The summed E-state index contributed by atoms with van der Waals surface area (Å²) in [6, 6.07) is 6.48. The maximum atomic E-state index is 12.0. The Balaban J connectivity index is 2.48. The number of para-hydroxylation sites is 1. The van der Waals surface area contributed by atoms with E-state index >= 15 is 0 Å². The first-order valence-corrected chi connectivity index (χ1v) is 8.13. The number of nitrogens with zero attached hydrogens (tertiary/aromatic N) is 1. The molecule has 0 bridgehead atoms. The molecule has 98 valence electrons. The van der Waals surface area contributed by atoms with E-state index in [1.807, 2.05) is 12.1 Å². The third-order valence-corrected chi connectivity index (χ3v) is 6.08. The van der Waals surface area contributed by atoms with Gasteiger partial charge in [-0.25, -0.2) is 8.42 Å².